The van der Waals surface area contributed by atoms with E-state index in [9.17, 15) is 0 Å². The highest BCUT2D eigenvalue weighted by Gasteiger charge is 2.14. The van der Waals surface area contributed by atoms with E-state index in [1.807, 2.05) is 18.2 Å². The maximum atomic E-state index is 6.08. The number of halogens is 3. The van der Waals surface area contributed by atoms with Crippen LogP contribution in [0.15, 0.2) is 36.4 Å². The van der Waals surface area contributed by atoms with Gasteiger partial charge in [0.15, 0.2) is 0 Å². The van der Waals surface area contributed by atoms with Crippen LogP contribution in [0.25, 0.3) is 0 Å². The lowest BCUT2D eigenvalue weighted by Gasteiger charge is -2.14. The lowest BCUT2D eigenvalue weighted by molar-refractivity contribution is 1.14. The molecule has 2 aromatic carbocycles. The molecular formula is C15H13BrClI. The maximum absolute atomic E-state index is 6.08. The molecule has 0 aliphatic carbocycles. The number of alkyl halides is 1. The lowest BCUT2D eigenvalue weighted by Crippen LogP contribution is -1.97. The van der Waals surface area contributed by atoms with Gasteiger partial charge in [0, 0.05) is 8.59 Å². The van der Waals surface area contributed by atoms with Crippen LogP contribution >= 0.6 is 50.1 Å². The summed E-state index contributed by atoms with van der Waals surface area (Å²) < 4.78 is 1.22. The van der Waals surface area contributed by atoms with Crippen molar-refractivity contribution < 1.29 is 0 Å². The predicted octanol–water partition coefficient (Wildman–Crippen LogP) is 6.05. The number of hydrogen-bond acceptors (Lipinski definition) is 0. The fourth-order valence-corrected chi connectivity index (χ4v) is 3.73. The van der Waals surface area contributed by atoms with E-state index in [0.717, 1.165) is 5.02 Å². The van der Waals surface area contributed by atoms with Crippen LogP contribution in [0.5, 0.6) is 0 Å². The van der Waals surface area contributed by atoms with Crippen LogP contribution in [0, 0.1) is 17.4 Å². The van der Waals surface area contributed by atoms with Crippen LogP contribution in [0.1, 0.15) is 27.1 Å². The topological polar surface area (TPSA) is 0 Å². The predicted molar refractivity (Wildman–Crippen MR) is 90.9 cm³/mol. The van der Waals surface area contributed by atoms with Gasteiger partial charge in [0.2, 0.25) is 0 Å². The summed E-state index contributed by atoms with van der Waals surface area (Å²) in [4.78, 5) is 0.183. The molecule has 3 heteroatoms. The summed E-state index contributed by atoms with van der Waals surface area (Å²) in [5, 5.41) is 0.777. The number of rotatable bonds is 2. The van der Waals surface area contributed by atoms with Crippen molar-refractivity contribution in [2.45, 2.75) is 18.7 Å². The first kappa shape index (κ1) is 14.4. The van der Waals surface area contributed by atoms with Crippen molar-refractivity contribution in [3.63, 3.8) is 0 Å². The van der Waals surface area contributed by atoms with Gasteiger partial charge in [0.1, 0.15) is 0 Å². The van der Waals surface area contributed by atoms with Gasteiger partial charge in [-0.1, -0.05) is 45.7 Å². The third kappa shape index (κ3) is 3.09. The van der Waals surface area contributed by atoms with E-state index in [-0.39, 0.29) is 4.83 Å². The van der Waals surface area contributed by atoms with Crippen molar-refractivity contribution >= 4 is 50.1 Å². The molecule has 0 aromatic heterocycles. The van der Waals surface area contributed by atoms with Gasteiger partial charge in [0.05, 0.1) is 4.83 Å². The molecule has 0 fully saturated rings. The fraction of sp³-hybridized carbons (Fsp3) is 0.200. The van der Waals surface area contributed by atoms with Crippen molar-refractivity contribution in [3.05, 3.63) is 67.2 Å². The molecular weight excluding hydrogens is 422 g/mol. The summed E-state index contributed by atoms with van der Waals surface area (Å²) in [6, 6.07) is 12.6. The number of hydrogen-bond donors (Lipinski definition) is 0. The number of benzene rings is 2. The van der Waals surface area contributed by atoms with Gasteiger partial charge in [-0.3, -0.25) is 0 Å². The highest BCUT2D eigenvalue weighted by Crippen LogP contribution is 2.35. The first-order chi connectivity index (χ1) is 8.49. The van der Waals surface area contributed by atoms with Crippen LogP contribution < -0.4 is 0 Å². The second-order valence-electron chi connectivity index (χ2n) is 4.37. The zero-order chi connectivity index (χ0) is 13.3. The van der Waals surface area contributed by atoms with Crippen molar-refractivity contribution in [1.29, 1.82) is 0 Å². The highest BCUT2D eigenvalue weighted by molar-refractivity contribution is 14.1. The summed E-state index contributed by atoms with van der Waals surface area (Å²) in [6.07, 6.45) is 0. The van der Waals surface area contributed by atoms with E-state index in [4.69, 9.17) is 11.6 Å². The normalized spacial score (nSPS) is 12.5. The Morgan fingerprint density at radius 1 is 1.06 bits per heavy atom. The van der Waals surface area contributed by atoms with Crippen LogP contribution in [0.4, 0.5) is 0 Å². The SMILES string of the molecule is Cc1ccc(C(Br)c2cc(Cl)ccc2I)cc1C. The average molecular weight is 436 g/mol. The Morgan fingerprint density at radius 3 is 2.44 bits per heavy atom. The smallest absolute Gasteiger partial charge is 0.0655 e. The molecule has 1 unspecified atom stereocenters. The third-order valence-electron chi connectivity index (χ3n) is 3.05. The standard InChI is InChI=1S/C15H13BrClI/c1-9-3-4-11(7-10(9)2)15(16)13-8-12(17)5-6-14(13)18/h3-8,15H,1-2H3. The molecule has 94 valence electrons. The third-order valence-corrected chi connectivity index (χ3v) is 5.29. The van der Waals surface area contributed by atoms with Gasteiger partial charge in [-0.05, 0) is 76.9 Å². The summed E-state index contributed by atoms with van der Waals surface area (Å²) >= 11 is 12.2. The van der Waals surface area contributed by atoms with E-state index in [2.05, 4.69) is 70.6 Å². The van der Waals surface area contributed by atoms with Crippen LogP contribution in [0.3, 0.4) is 0 Å². The molecule has 0 aliphatic rings. The van der Waals surface area contributed by atoms with Crippen LogP contribution in [-0.4, -0.2) is 0 Å². The molecule has 0 heterocycles. The Hall–Kier alpha value is -0.0600. The Morgan fingerprint density at radius 2 is 1.78 bits per heavy atom. The number of aryl methyl sites for hydroxylation is 2. The van der Waals surface area contributed by atoms with Crippen molar-refractivity contribution in [1.82, 2.24) is 0 Å². The van der Waals surface area contributed by atoms with E-state index in [1.165, 1.54) is 25.8 Å². The molecule has 2 rings (SSSR count). The molecule has 2 aromatic rings. The zero-order valence-corrected chi connectivity index (χ0v) is 14.7. The second-order valence-corrected chi connectivity index (χ2v) is 6.89. The van der Waals surface area contributed by atoms with Gasteiger partial charge in [-0.15, -0.1) is 0 Å². The lowest BCUT2D eigenvalue weighted by atomic mass is 10.0. The molecule has 0 bridgehead atoms. The molecule has 0 saturated carbocycles. The molecule has 18 heavy (non-hydrogen) atoms. The second kappa shape index (κ2) is 5.93. The molecule has 0 saturated heterocycles. The van der Waals surface area contributed by atoms with Gasteiger partial charge in [0.25, 0.3) is 0 Å². The quantitative estimate of drug-likeness (QED) is 0.398. The van der Waals surface area contributed by atoms with Crippen LogP contribution in [-0.2, 0) is 0 Å². The van der Waals surface area contributed by atoms with E-state index in [1.54, 1.807) is 0 Å². The highest BCUT2D eigenvalue weighted by atomic mass is 127. The van der Waals surface area contributed by atoms with E-state index >= 15 is 0 Å². The first-order valence-electron chi connectivity index (χ1n) is 5.65. The average Bonchev–Trinajstić information content (AvgIpc) is 2.35. The minimum absolute atomic E-state index is 0.183. The van der Waals surface area contributed by atoms with Crippen molar-refractivity contribution in [2.24, 2.45) is 0 Å². The van der Waals surface area contributed by atoms with Crippen molar-refractivity contribution in [3.8, 4) is 0 Å². The van der Waals surface area contributed by atoms with Gasteiger partial charge in [-0.2, -0.15) is 0 Å². The first-order valence-corrected chi connectivity index (χ1v) is 8.02. The summed E-state index contributed by atoms with van der Waals surface area (Å²) in [7, 11) is 0. The Balaban J connectivity index is 2.44. The molecule has 0 N–H and O–H groups in total. The molecule has 0 radical (unpaired) electrons. The minimum Gasteiger partial charge on any atom is -0.0843 e. The molecule has 1 atom stereocenters. The van der Waals surface area contributed by atoms with Crippen molar-refractivity contribution in [2.75, 3.05) is 0 Å². The molecule has 0 aliphatic heterocycles. The maximum Gasteiger partial charge on any atom is 0.0655 e. The largest absolute Gasteiger partial charge is 0.0843 e. The van der Waals surface area contributed by atoms with Gasteiger partial charge < -0.3 is 0 Å². The van der Waals surface area contributed by atoms with Crippen LogP contribution in [0.2, 0.25) is 5.02 Å². The molecule has 0 spiro atoms. The van der Waals surface area contributed by atoms with E-state index < -0.39 is 0 Å². The van der Waals surface area contributed by atoms with Gasteiger partial charge in [-0.25, -0.2) is 0 Å². The zero-order valence-electron chi connectivity index (χ0n) is 10.2. The monoisotopic (exact) mass is 434 g/mol. The van der Waals surface area contributed by atoms with Gasteiger partial charge >= 0.3 is 0 Å². The Labute approximate surface area is 135 Å². The van der Waals surface area contributed by atoms with E-state index in [0.29, 0.717) is 0 Å². The minimum atomic E-state index is 0.183. The summed E-state index contributed by atoms with van der Waals surface area (Å²) in [6.45, 7) is 4.27. The summed E-state index contributed by atoms with van der Waals surface area (Å²) in [5.41, 5.74) is 5.11. The Bertz CT molecular complexity index is 581. The summed E-state index contributed by atoms with van der Waals surface area (Å²) in [5.74, 6) is 0. The molecule has 0 nitrogen and oxygen atoms in total. The molecule has 0 amide bonds. The fourth-order valence-electron chi connectivity index (χ4n) is 1.81. The Kier molecular flexibility index (Phi) is 4.73.